The van der Waals surface area contributed by atoms with Gasteiger partial charge >= 0.3 is 0 Å². The van der Waals surface area contributed by atoms with E-state index in [1.54, 1.807) is 0 Å². The Morgan fingerprint density at radius 1 is 1.25 bits per heavy atom. The number of likely N-dealkylation sites (N-methyl/N-ethyl adjacent to an activating group) is 2. The van der Waals surface area contributed by atoms with Gasteiger partial charge in [0.25, 0.3) is 0 Å². The van der Waals surface area contributed by atoms with Gasteiger partial charge in [-0.15, -0.1) is 0 Å². The van der Waals surface area contributed by atoms with Crippen molar-refractivity contribution >= 4 is 5.82 Å². The van der Waals surface area contributed by atoms with Crippen LogP contribution in [0.3, 0.4) is 0 Å². The highest BCUT2D eigenvalue weighted by atomic mass is 15.2. The van der Waals surface area contributed by atoms with Crippen molar-refractivity contribution in [3.05, 3.63) is 23.9 Å². The van der Waals surface area contributed by atoms with E-state index in [1.807, 2.05) is 0 Å². The molecule has 0 spiro atoms. The van der Waals surface area contributed by atoms with Gasteiger partial charge in [0.05, 0.1) is 5.69 Å². The molecule has 4 nitrogen and oxygen atoms in total. The monoisotopic (exact) mass is 278 g/mol. The maximum absolute atomic E-state index is 4.79. The maximum Gasteiger partial charge on any atom is 0.129 e. The molecule has 0 amide bonds. The van der Waals surface area contributed by atoms with Crippen LogP contribution < -0.4 is 10.2 Å². The minimum Gasteiger partial charge on any atom is -0.353 e. The van der Waals surface area contributed by atoms with Crippen molar-refractivity contribution in [2.24, 2.45) is 0 Å². The molecule has 0 aromatic carbocycles. The minimum absolute atomic E-state index is 0.460. The van der Waals surface area contributed by atoms with Crippen LogP contribution in [-0.4, -0.2) is 49.7 Å². The van der Waals surface area contributed by atoms with Gasteiger partial charge in [0, 0.05) is 25.7 Å². The van der Waals surface area contributed by atoms with Gasteiger partial charge < -0.3 is 15.1 Å². The second-order valence-electron chi connectivity index (χ2n) is 5.56. The summed E-state index contributed by atoms with van der Waals surface area (Å²) in [5, 5.41) is 3.41. The zero-order valence-corrected chi connectivity index (χ0v) is 13.7. The standard InChI is InChI=1S/C16H30N4/c1-6-11-17-12-15-9-8-10-16(18-15)20(7-2)14(3)13-19(4)5/h8-10,14,17H,6-7,11-13H2,1-5H3. The molecule has 1 aromatic heterocycles. The lowest BCUT2D eigenvalue weighted by atomic mass is 10.2. The van der Waals surface area contributed by atoms with E-state index < -0.39 is 0 Å². The highest BCUT2D eigenvalue weighted by Crippen LogP contribution is 2.15. The maximum atomic E-state index is 4.79. The summed E-state index contributed by atoms with van der Waals surface area (Å²) in [6.45, 7) is 10.5. The van der Waals surface area contributed by atoms with Crippen molar-refractivity contribution in [3.8, 4) is 0 Å². The van der Waals surface area contributed by atoms with Crippen molar-refractivity contribution in [2.45, 2.75) is 39.8 Å². The van der Waals surface area contributed by atoms with Crippen molar-refractivity contribution in [1.29, 1.82) is 0 Å². The molecule has 1 heterocycles. The first-order valence-electron chi connectivity index (χ1n) is 7.66. The number of nitrogens with one attached hydrogen (secondary N) is 1. The van der Waals surface area contributed by atoms with Crippen LogP contribution in [0.2, 0.25) is 0 Å². The van der Waals surface area contributed by atoms with Crippen molar-refractivity contribution in [1.82, 2.24) is 15.2 Å². The number of hydrogen-bond donors (Lipinski definition) is 1. The molecule has 0 aliphatic heterocycles. The minimum atomic E-state index is 0.460. The topological polar surface area (TPSA) is 31.4 Å². The first-order chi connectivity index (χ1) is 9.58. The second-order valence-corrected chi connectivity index (χ2v) is 5.56. The van der Waals surface area contributed by atoms with Crippen LogP contribution in [0.15, 0.2) is 18.2 Å². The van der Waals surface area contributed by atoms with Crippen molar-refractivity contribution in [3.63, 3.8) is 0 Å². The summed E-state index contributed by atoms with van der Waals surface area (Å²) in [7, 11) is 4.23. The summed E-state index contributed by atoms with van der Waals surface area (Å²) in [5.74, 6) is 1.08. The molecule has 1 aromatic rings. The number of pyridine rings is 1. The van der Waals surface area contributed by atoms with Gasteiger partial charge in [-0.3, -0.25) is 0 Å². The lowest BCUT2D eigenvalue weighted by molar-refractivity contribution is 0.372. The highest BCUT2D eigenvalue weighted by Gasteiger charge is 2.14. The molecular weight excluding hydrogens is 248 g/mol. The molecule has 1 unspecified atom stereocenters. The van der Waals surface area contributed by atoms with Crippen LogP contribution in [-0.2, 0) is 6.54 Å². The molecule has 1 N–H and O–H groups in total. The number of anilines is 1. The third-order valence-corrected chi connectivity index (χ3v) is 3.32. The average Bonchev–Trinajstić information content (AvgIpc) is 2.39. The van der Waals surface area contributed by atoms with E-state index in [1.165, 1.54) is 0 Å². The first-order valence-corrected chi connectivity index (χ1v) is 7.66. The van der Waals surface area contributed by atoms with Gasteiger partial charge in [-0.1, -0.05) is 13.0 Å². The second kappa shape index (κ2) is 8.93. The Labute approximate surface area is 124 Å². The molecule has 1 rings (SSSR count). The lowest BCUT2D eigenvalue weighted by Crippen LogP contribution is -2.40. The molecule has 114 valence electrons. The Morgan fingerprint density at radius 3 is 2.60 bits per heavy atom. The number of aromatic nitrogens is 1. The summed E-state index contributed by atoms with van der Waals surface area (Å²) in [6, 6.07) is 6.77. The third kappa shape index (κ3) is 5.47. The molecule has 0 bridgehead atoms. The van der Waals surface area contributed by atoms with Crippen molar-refractivity contribution < 1.29 is 0 Å². The normalized spacial score (nSPS) is 12.7. The van der Waals surface area contributed by atoms with Crippen LogP contribution >= 0.6 is 0 Å². The van der Waals surface area contributed by atoms with Crippen LogP contribution in [0.25, 0.3) is 0 Å². The van der Waals surface area contributed by atoms with Gasteiger partial charge in [-0.05, 0) is 53.0 Å². The summed E-state index contributed by atoms with van der Waals surface area (Å²) < 4.78 is 0. The van der Waals surface area contributed by atoms with E-state index in [0.717, 1.165) is 44.1 Å². The first kappa shape index (κ1) is 16.9. The van der Waals surface area contributed by atoms with Crippen molar-refractivity contribution in [2.75, 3.05) is 38.6 Å². The molecular formula is C16H30N4. The van der Waals surface area contributed by atoms with E-state index in [0.29, 0.717) is 6.04 Å². The average molecular weight is 278 g/mol. The SMILES string of the molecule is CCCNCc1cccc(N(CC)C(C)CN(C)C)n1. The zero-order valence-electron chi connectivity index (χ0n) is 13.7. The Hall–Kier alpha value is -1.13. The molecule has 0 aliphatic carbocycles. The summed E-state index contributed by atoms with van der Waals surface area (Å²) >= 11 is 0. The summed E-state index contributed by atoms with van der Waals surface area (Å²) in [5.41, 5.74) is 1.12. The molecule has 0 saturated heterocycles. The zero-order chi connectivity index (χ0) is 15.0. The van der Waals surface area contributed by atoms with Gasteiger partial charge in [-0.25, -0.2) is 4.98 Å². The predicted octanol–water partition coefficient (Wildman–Crippen LogP) is 2.36. The highest BCUT2D eigenvalue weighted by molar-refractivity contribution is 5.40. The third-order valence-electron chi connectivity index (χ3n) is 3.32. The van der Waals surface area contributed by atoms with E-state index in [9.17, 15) is 0 Å². The summed E-state index contributed by atoms with van der Waals surface area (Å²) in [4.78, 5) is 9.38. The predicted molar refractivity (Wildman–Crippen MR) is 87.3 cm³/mol. The molecule has 20 heavy (non-hydrogen) atoms. The van der Waals surface area contributed by atoms with E-state index >= 15 is 0 Å². The van der Waals surface area contributed by atoms with Crippen LogP contribution in [0, 0.1) is 0 Å². The number of rotatable bonds is 9. The Bertz CT molecular complexity index is 378. The van der Waals surface area contributed by atoms with Gasteiger partial charge in [0.2, 0.25) is 0 Å². The molecule has 0 saturated carbocycles. The fourth-order valence-corrected chi connectivity index (χ4v) is 2.45. The quantitative estimate of drug-likeness (QED) is 0.703. The van der Waals surface area contributed by atoms with Gasteiger partial charge in [0.1, 0.15) is 5.82 Å². The molecule has 0 fully saturated rings. The number of nitrogens with zero attached hydrogens (tertiary/aromatic N) is 3. The Morgan fingerprint density at radius 2 is 2.00 bits per heavy atom. The fourth-order valence-electron chi connectivity index (χ4n) is 2.45. The van der Waals surface area contributed by atoms with Crippen LogP contribution in [0.4, 0.5) is 5.82 Å². The largest absolute Gasteiger partial charge is 0.353 e. The molecule has 4 heteroatoms. The molecule has 0 radical (unpaired) electrons. The van der Waals surface area contributed by atoms with Crippen LogP contribution in [0.1, 0.15) is 32.9 Å². The van der Waals surface area contributed by atoms with E-state index in [-0.39, 0.29) is 0 Å². The number of hydrogen-bond acceptors (Lipinski definition) is 4. The Kier molecular flexibility index (Phi) is 7.55. The van der Waals surface area contributed by atoms with Gasteiger partial charge in [-0.2, -0.15) is 0 Å². The summed E-state index contributed by atoms with van der Waals surface area (Å²) in [6.07, 6.45) is 1.15. The fraction of sp³-hybridized carbons (Fsp3) is 0.688. The van der Waals surface area contributed by atoms with E-state index in [2.05, 4.69) is 68.2 Å². The lowest BCUT2D eigenvalue weighted by Gasteiger charge is -2.31. The Balaban J connectivity index is 2.74. The molecule has 0 aliphatic rings. The smallest absolute Gasteiger partial charge is 0.129 e. The molecule has 1 atom stereocenters. The van der Waals surface area contributed by atoms with Gasteiger partial charge in [0.15, 0.2) is 0 Å². The van der Waals surface area contributed by atoms with Crippen LogP contribution in [0.5, 0.6) is 0 Å². The van der Waals surface area contributed by atoms with E-state index in [4.69, 9.17) is 4.98 Å².